The van der Waals surface area contributed by atoms with E-state index in [1.54, 1.807) is 19.4 Å². The summed E-state index contributed by atoms with van der Waals surface area (Å²) in [6.45, 7) is 0. The third kappa shape index (κ3) is 3.97. The first kappa shape index (κ1) is 15.4. The number of rotatable bonds is 1. The van der Waals surface area contributed by atoms with E-state index < -0.39 is 0 Å². The van der Waals surface area contributed by atoms with Gasteiger partial charge >= 0.3 is 0 Å². The summed E-state index contributed by atoms with van der Waals surface area (Å²) >= 11 is 10.7. The molecule has 5 heteroatoms. The lowest BCUT2D eigenvalue weighted by molar-refractivity contribution is 0.415. The molecule has 3 aromatic rings. The molecule has 0 fully saturated rings. The van der Waals surface area contributed by atoms with Gasteiger partial charge in [-0.05, 0) is 24.3 Å². The van der Waals surface area contributed by atoms with E-state index in [0.717, 1.165) is 26.2 Å². The molecule has 0 amide bonds. The second kappa shape index (κ2) is 7.11. The number of halogens is 1. The predicted molar refractivity (Wildman–Crippen MR) is 91.5 cm³/mol. The number of nitrogens with two attached hydrogens (primary N) is 1. The zero-order valence-corrected chi connectivity index (χ0v) is 13.0. The Bertz CT molecular complexity index is 787. The monoisotopic (exact) mass is 318 g/mol. The minimum atomic E-state index is 0.644. The third-order valence-electron chi connectivity index (χ3n) is 2.84. The van der Waals surface area contributed by atoms with Gasteiger partial charge in [-0.3, -0.25) is 0 Å². The molecule has 0 unspecified atom stereocenters. The van der Waals surface area contributed by atoms with Crippen molar-refractivity contribution in [1.29, 1.82) is 0 Å². The SMILES string of the molecule is COc1cc(N)c2[nH]ccc(=S)c2c1.Clc1ccccc1. The Labute approximate surface area is 133 Å². The van der Waals surface area contributed by atoms with E-state index in [2.05, 4.69) is 4.98 Å². The number of pyridine rings is 1. The Kier molecular flexibility index (Phi) is 5.20. The van der Waals surface area contributed by atoms with E-state index in [1.807, 2.05) is 42.5 Å². The van der Waals surface area contributed by atoms with Crippen LogP contribution in [0.15, 0.2) is 54.7 Å². The molecule has 1 aromatic heterocycles. The van der Waals surface area contributed by atoms with Crippen LogP contribution in [0.3, 0.4) is 0 Å². The summed E-state index contributed by atoms with van der Waals surface area (Å²) in [6, 6.07) is 14.9. The number of aromatic amines is 1. The first-order chi connectivity index (χ1) is 10.1. The number of fused-ring (bicyclic) bond motifs is 1. The standard InChI is InChI=1S/C10H10N2OS.C6H5Cl/c1-13-6-4-7-9(14)2-3-12-10(7)8(11)5-6;7-6-4-2-1-3-5-6/h2-5H,11H2,1H3,(H,12,14);1-5H. The summed E-state index contributed by atoms with van der Waals surface area (Å²) in [5, 5.41) is 1.71. The fourth-order valence-corrected chi connectivity index (χ4v) is 2.19. The van der Waals surface area contributed by atoms with Gasteiger partial charge in [0.2, 0.25) is 0 Å². The van der Waals surface area contributed by atoms with Crippen molar-refractivity contribution in [2.24, 2.45) is 0 Å². The van der Waals surface area contributed by atoms with Gasteiger partial charge in [0.1, 0.15) is 5.75 Å². The molecule has 108 valence electrons. The molecule has 0 atom stereocenters. The molecular weight excluding hydrogens is 304 g/mol. The van der Waals surface area contributed by atoms with Crippen molar-refractivity contribution in [3.05, 3.63) is 64.3 Å². The Balaban J connectivity index is 0.000000194. The number of nitrogen functional groups attached to an aromatic ring is 1. The van der Waals surface area contributed by atoms with Gasteiger partial charge in [0, 0.05) is 27.2 Å². The molecule has 1 heterocycles. The average Bonchev–Trinajstić information content (AvgIpc) is 2.49. The lowest BCUT2D eigenvalue weighted by Gasteiger charge is -2.05. The number of aromatic nitrogens is 1. The Hall–Kier alpha value is -2.04. The summed E-state index contributed by atoms with van der Waals surface area (Å²) in [6.07, 6.45) is 1.79. The Morgan fingerprint density at radius 3 is 2.43 bits per heavy atom. The molecular formula is C16H15ClN2OS. The van der Waals surface area contributed by atoms with Crippen LogP contribution in [0.25, 0.3) is 10.9 Å². The summed E-state index contributed by atoms with van der Waals surface area (Å²) in [7, 11) is 1.61. The maximum Gasteiger partial charge on any atom is 0.121 e. The van der Waals surface area contributed by atoms with Gasteiger partial charge < -0.3 is 15.5 Å². The molecule has 0 aliphatic rings. The largest absolute Gasteiger partial charge is 0.497 e. The highest BCUT2D eigenvalue weighted by molar-refractivity contribution is 7.71. The summed E-state index contributed by atoms with van der Waals surface area (Å²) in [5.74, 6) is 0.723. The lowest BCUT2D eigenvalue weighted by atomic mass is 10.2. The molecule has 0 saturated heterocycles. The molecule has 21 heavy (non-hydrogen) atoms. The van der Waals surface area contributed by atoms with Crippen LogP contribution in [0.5, 0.6) is 5.75 Å². The van der Waals surface area contributed by atoms with E-state index in [0.29, 0.717) is 5.69 Å². The topological polar surface area (TPSA) is 51.0 Å². The molecule has 0 aliphatic heterocycles. The van der Waals surface area contributed by atoms with E-state index in [-0.39, 0.29) is 0 Å². The average molecular weight is 319 g/mol. The van der Waals surface area contributed by atoms with Crippen molar-refractivity contribution >= 4 is 40.4 Å². The van der Waals surface area contributed by atoms with E-state index in [1.165, 1.54) is 0 Å². The van der Waals surface area contributed by atoms with Crippen LogP contribution in [-0.2, 0) is 0 Å². The zero-order chi connectivity index (χ0) is 15.2. The van der Waals surface area contributed by atoms with Gasteiger partial charge in [0.05, 0.1) is 18.3 Å². The van der Waals surface area contributed by atoms with Crippen molar-refractivity contribution in [1.82, 2.24) is 4.98 Å². The minimum absolute atomic E-state index is 0.644. The molecule has 0 radical (unpaired) electrons. The van der Waals surface area contributed by atoms with Crippen LogP contribution in [-0.4, -0.2) is 12.1 Å². The van der Waals surface area contributed by atoms with Crippen LogP contribution < -0.4 is 10.5 Å². The number of benzene rings is 2. The van der Waals surface area contributed by atoms with Crippen LogP contribution in [0.4, 0.5) is 5.69 Å². The normalized spacial score (nSPS) is 9.81. The summed E-state index contributed by atoms with van der Waals surface area (Å²) < 4.78 is 5.89. The predicted octanol–water partition coefficient (Wildman–Crippen LogP) is 4.83. The first-order valence-corrected chi connectivity index (χ1v) is 7.06. The molecule has 0 aliphatic carbocycles. The summed E-state index contributed by atoms with van der Waals surface area (Å²) in [4.78, 5) is 3.06. The van der Waals surface area contributed by atoms with Gasteiger partial charge in [-0.2, -0.15) is 0 Å². The molecule has 0 saturated carbocycles. The molecule has 0 spiro atoms. The number of ether oxygens (including phenoxy) is 1. The highest BCUT2D eigenvalue weighted by Crippen LogP contribution is 2.25. The number of methoxy groups -OCH3 is 1. The van der Waals surface area contributed by atoms with E-state index in [4.69, 9.17) is 34.3 Å². The van der Waals surface area contributed by atoms with Gasteiger partial charge in [-0.25, -0.2) is 0 Å². The van der Waals surface area contributed by atoms with Gasteiger partial charge in [-0.15, -0.1) is 0 Å². The fraction of sp³-hybridized carbons (Fsp3) is 0.0625. The van der Waals surface area contributed by atoms with Crippen molar-refractivity contribution in [3.63, 3.8) is 0 Å². The molecule has 2 aromatic carbocycles. The minimum Gasteiger partial charge on any atom is -0.497 e. The Morgan fingerprint density at radius 1 is 1.14 bits per heavy atom. The van der Waals surface area contributed by atoms with Crippen LogP contribution in [0.2, 0.25) is 5.02 Å². The molecule has 3 rings (SSSR count). The highest BCUT2D eigenvalue weighted by atomic mass is 35.5. The van der Waals surface area contributed by atoms with Gasteiger partial charge in [0.15, 0.2) is 0 Å². The first-order valence-electron chi connectivity index (χ1n) is 6.27. The van der Waals surface area contributed by atoms with Crippen molar-refractivity contribution < 1.29 is 4.74 Å². The molecule has 0 bridgehead atoms. The summed E-state index contributed by atoms with van der Waals surface area (Å²) in [5.41, 5.74) is 7.35. The second-order valence-corrected chi connectivity index (χ2v) is 5.15. The maximum atomic E-state index is 5.84. The number of hydrogen-bond donors (Lipinski definition) is 2. The van der Waals surface area contributed by atoms with Gasteiger partial charge in [-0.1, -0.05) is 42.0 Å². The number of hydrogen-bond acceptors (Lipinski definition) is 3. The lowest BCUT2D eigenvalue weighted by Crippen LogP contribution is -1.92. The smallest absolute Gasteiger partial charge is 0.121 e. The highest BCUT2D eigenvalue weighted by Gasteiger charge is 2.02. The Morgan fingerprint density at radius 2 is 1.86 bits per heavy atom. The van der Waals surface area contributed by atoms with Crippen molar-refractivity contribution in [2.45, 2.75) is 0 Å². The number of H-pyrrole nitrogens is 1. The van der Waals surface area contributed by atoms with Crippen molar-refractivity contribution in [2.75, 3.05) is 12.8 Å². The van der Waals surface area contributed by atoms with Crippen LogP contribution in [0, 0.1) is 4.51 Å². The second-order valence-electron chi connectivity index (χ2n) is 4.28. The van der Waals surface area contributed by atoms with Crippen molar-refractivity contribution in [3.8, 4) is 5.75 Å². The van der Waals surface area contributed by atoms with E-state index >= 15 is 0 Å². The number of anilines is 1. The molecule has 3 nitrogen and oxygen atoms in total. The zero-order valence-electron chi connectivity index (χ0n) is 11.5. The maximum absolute atomic E-state index is 5.84. The van der Waals surface area contributed by atoms with Gasteiger partial charge in [0.25, 0.3) is 0 Å². The van der Waals surface area contributed by atoms with Crippen LogP contribution in [0.1, 0.15) is 0 Å². The quantitative estimate of drug-likeness (QED) is 0.499. The fourth-order valence-electron chi connectivity index (χ4n) is 1.82. The van der Waals surface area contributed by atoms with E-state index in [9.17, 15) is 0 Å². The third-order valence-corrected chi connectivity index (χ3v) is 3.45. The number of nitrogens with one attached hydrogen (secondary N) is 1. The van der Waals surface area contributed by atoms with Crippen LogP contribution >= 0.6 is 23.8 Å². The molecule has 3 N–H and O–H groups in total.